The molecule has 0 aliphatic carbocycles. The number of rotatable bonds is 7. The van der Waals surface area contributed by atoms with E-state index in [1.807, 2.05) is 6.92 Å². The van der Waals surface area contributed by atoms with E-state index in [1.165, 1.54) is 43.5 Å². The number of amides is 2. The minimum absolute atomic E-state index is 0.151. The first kappa shape index (κ1) is 20.0. The van der Waals surface area contributed by atoms with Crippen molar-refractivity contribution in [1.82, 2.24) is 10.9 Å². The summed E-state index contributed by atoms with van der Waals surface area (Å²) in [7, 11) is 1.43. The minimum Gasteiger partial charge on any atom is -0.493 e. The van der Waals surface area contributed by atoms with Crippen LogP contribution < -0.4 is 25.1 Å². The van der Waals surface area contributed by atoms with E-state index in [0.29, 0.717) is 18.1 Å². The molecule has 144 valence electrons. The lowest BCUT2D eigenvalue weighted by atomic mass is 10.2. The maximum absolute atomic E-state index is 12.4. The molecule has 2 N–H and O–H groups in total. The zero-order valence-electron chi connectivity index (χ0n) is 14.6. The molecule has 0 bridgehead atoms. The highest BCUT2D eigenvalue weighted by Gasteiger charge is 2.17. The quantitative estimate of drug-likeness (QED) is 0.722. The minimum atomic E-state index is -3.08. The van der Waals surface area contributed by atoms with Gasteiger partial charge in [-0.05, 0) is 37.3 Å². The number of ether oxygens (including phenoxy) is 3. The van der Waals surface area contributed by atoms with Gasteiger partial charge in [0.15, 0.2) is 11.5 Å². The van der Waals surface area contributed by atoms with Crippen molar-refractivity contribution in [3.05, 3.63) is 53.6 Å². The molecule has 0 aliphatic heterocycles. The topological polar surface area (TPSA) is 85.9 Å². The van der Waals surface area contributed by atoms with Crippen LogP contribution in [-0.2, 0) is 0 Å². The van der Waals surface area contributed by atoms with E-state index in [4.69, 9.17) is 9.47 Å². The molecule has 0 fully saturated rings. The monoisotopic (exact) mass is 380 g/mol. The highest BCUT2D eigenvalue weighted by molar-refractivity contribution is 6.00. The van der Waals surface area contributed by atoms with Crippen LogP contribution in [0.5, 0.6) is 17.2 Å². The molecule has 2 aromatic rings. The fourth-order valence-corrected chi connectivity index (χ4v) is 2.19. The summed E-state index contributed by atoms with van der Waals surface area (Å²) in [5, 5.41) is 0. The molecule has 0 spiro atoms. The van der Waals surface area contributed by atoms with Crippen molar-refractivity contribution in [2.24, 2.45) is 0 Å². The lowest BCUT2D eigenvalue weighted by molar-refractivity contribution is -0.0501. The Labute approximate surface area is 154 Å². The SMILES string of the molecule is CCOc1ccc(C(=O)NNC(=O)c2ccccc2OC(F)F)cc1OC. The van der Waals surface area contributed by atoms with Crippen LogP contribution >= 0.6 is 0 Å². The first-order valence-corrected chi connectivity index (χ1v) is 7.91. The van der Waals surface area contributed by atoms with Gasteiger partial charge in [-0.1, -0.05) is 12.1 Å². The average molecular weight is 380 g/mol. The second-order valence-corrected chi connectivity index (χ2v) is 5.08. The van der Waals surface area contributed by atoms with Gasteiger partial charge in [-0.25, -0.2) is 0 Å². The first-order valence-electron chi connectivity index (χ1n) is 7.91. The van der Waals surface area contributed by atoms with Crippen LogP contribution in [-0.4, -0.2) is 32.1 Å². The van der Waals surface area contributed by atoms with Gasteiger partial charge in [-0.2, -0.15) is 8.78 Å². The van der Waals surface area contributed by atoms with Gasteiger partial charge < -0.3 is 14.2 Å². The third kappa shape index (κ3) is 5.30. The van der Waals surface area contributed by atoms with E-state index < -0.39 is 18.4 Å². The van der Waals surface area contributed by atoms with Gasteiger partial charge in [-0.15, -0.1) is 0 Å². The zero-order valence-corrected chi connectivity index (χ0v) is 14.6. The van der Waals surface area contributed by atoms with Gasteiger partial charge in [0.05, 0.1) is 19.3 Å². The van der Waals surface area contributed by atoms with E-state index in [1.54, 1.807) is 6.07 Å². The van der Waals surface area contributed by atoms with Crippen molar-refractivity contribution in [1.29, 1.82) is 0 Å². The Hall–Kier alpha value is -3.36. The molecular weight excluding hydrogens is 362 g/mol. The number of benzene rings is 2. The Morgan fingerprint density at radius 1 is 1.00 bits per heavy atom. The van der Waals surface area contributed by atoms with E-state index in [-0.39, 0.29) is 16.9 Å². The standard InChI is InChI=1S/C18H18F2N2O5/c1-3-26-14-9-8-11(10-15(14)25-2)16(23)21-22-17(24)12-6-4-5-7-13(12)27-18(19)20/h4-10,18H,3H2,1-2H3,(H,21,23)(H,22,24). The van der Waals surface area contributed by atoms with E-state index in [2.05, 4.69) is 15.6 Å². The molecule has 7 nitrogen and oxygen atoms in total. The number of halogens is 2. The van der Waals surface area contributed by atoms with E-state index in [0.717, 1.165) is 0 Å². The van der Waals surface area contributed by atoms with Crippen molar-refractivity contribution in [2.45, 2.75) is 13.5 Å². The van der Waals surface area contributed by atoms with Gasteiger partial charge in [-0.3, -0.25) is 20.4 Å². The summed E-state index contributed by atoms with van der Waals surface area (Å²) in [6, 6.07) is 9.93. The zero-order chi connectivity index (χ0) is 19.8. The number of nitrogens with one attached hydrogen (secondary N) is 2. The number of carbonyl (C=O) groups excluding carboxylic acids is 2. The average Bonchev–Trinajstić information content (AvgIpc) is 2.66. The molecule has 0 radical (unpaired) electrons. The first-order chi connectivity index (χ1) is 13.0. The molecule has 0 aliphatic rings. The summed E-state index contributed by atoms with van der Waals surface area (Å²) in [6.07, 6.45) is 0. The van der Waals surface area contributed by atoms with Crippen LogP contribution in [0.25, 0.3) is 0 Å². The number of hydrogen-bond acceptors (Lipinski definition) is 5. The van der Waals surface area contributed by atoms with Crippen LogP contribution in [0.4, 0.5) is 8.78 Å². The second-order valence-electron chi connectivity index (χ2n) is 5.08. The van der Waals surface area contributed by atoms with E-state index >= 15 is 0 Å². The third-order valence-corrected chi connectivity index (χ3v) is 3.36. The third-order valence-electron chi connectivity index (χ3n) is 3.36. The predicted molar refractivity (Wildman–Crippen MR) is 92.2 cm³/mol. The molecule has 9 heteroatoms. The molecular formula is C18H18F2N2O5. The lowest BCUT2D eigenvalue weighted by Gasteiger charge is -2.13. The largest absolute Gasteiger partial charge is 0.493 e. The van der Waals surface area contributed by atoms with Gasteiger partial charge in [0.1, 0.15) is 5.75 Å². The predicted octanol–water partition coefficient (Wildman–Crippen LogP) is 2.77. The summed E-state index contributed by atoms with van der Waals surface area (Å²) >= 11 is 0. The van der Waals surface area contributed by atoms with Crippen LogP contribution in [0.15, 0.2) is 42.5 Å². The van der Waals surface area contributed by atoms with Crippen molar-refractivity contribution in [3.8, 4) is 17.2 Å². The molecule has 27 heavy (non-hydrogen) atoms. The lowest BCUT2D eigenvalue weighted by Crippen LogP contribution is -2.41. The highest BCUT2D eigenvalue weighted by Crippen LogP contribution is 2.28. The smallest absolute Gasteiger partial charge is 0.387 e. The Kier molecular flexibility index (Phi) is 6.93. The summed E-state index contributed by atoms with van der Waals surface area (Å²) in [5.74, 6) is -0.915. The van der Waals surface area contributed by atoms with Crippen molar-refractivity contribution >= 4 is 11.8 Å². The number of alkyl halides is 2. The maximum atomic E-state index is 12.4. The molecule has 2 aromatic carbocycles. The van der Waals surface area contributed by atoms with E-state index in [9.17, 15) is 18.4 Å². The fourth-order valence-electron chi connectivity index (χ4n) is 2.19. The van der Waals surface area contributed by atoms with Crippen LogP contribution in [0, 0.1) is 0 Å². The number of para-hydroxylation sites is 1. The number of hydrazine groups is 1. The molecule has 0 unspecified atom stereocenters. The van der Waals surface area contributed by atoms with Gasteiger partial charge in [0.25, 0.3) is 11.8 Å². The Bertz CT molecular complexity index is 814. The Morgan fingerprint density at radius 2 is 1.70 bits per heavy atom. The van der Waals surface area contributed by atoms with Crippen LogP contribution in [0.3, 0.4) is 0 Å². The van der Waals surface area contributed by atoms with Gasteiger partial charge in [0, 0.05) is 5.56 Å². The van der Waals surface area contributed by atoms with Crippen molar-refractivity contribution < 1.29 is 32.6 Å². The molecule has 0 aromatic heterocycles. The normalized spacial score (nSPS) is 10.3. The molecule has 2 amide bonds. The van der Waals surface area contributed by atoms with Crippen LogP contribution in [0.1, 0.15) is 27.6 Å². The fraction of sp³-hybridized carbons (Fsp3) is 0.222. The number of carbonyl (C=O) groups is 2. The molecule has 0 atom stereocenters. The van der Waals surface area contributed by atoms with Crippen molar-refractivity contribution in [3.63, 3.8) is 0 Å². The Balaban J connectivity index is 2.06. The Morgan fingerprint density at radius 3 is 2.37 bits per heavy atom. The number of hydrogen-bond donors (Lipinski definition) is 2. The maximum Gasteiger partial charge on any atom is 0.387 e. The van der Waals surface area contributed by atoms with Gasteiger partial charge in [0.2, 0.25) is 0 Å². The molecule has 2 rings (SSSR count). The van der Waals surface area contributed by atoms with Crippen LogP contribution in [0.2, 0.25) is 0 Å². The summed E-state index contributed by atoms with van der Waals surface area (Å²) in [4.78, 5) is 24.4. The number of methoxy groups -OCH3 is 1. The highest BCUT2D eigenvalue weighted by atomic mass is 19.3. The van der Waals surface area contributed by atoms with Gasteiger partial charge >= 0.3 is 6.61 Å². The molecule has 0 saturated carbocycles. The molecule has 0 saturated heterocycles. The summed E-state index contributed by atoms with van der Waals surface area (Å²) in [5.41, 5.74) is 4.41. The second kappa shape index (κ2) is 9.37. The molecule has 0 heterocycles. The summed E-state index contributed by atoms with van der Waals surface area (Å²) in [6.45, 7) is -0.840. The van der Waals surface area contributed by atoms with Crippen molar-refractivity contribution in [2.75, 3.05) is 13.7 Å². The summed E-state index contributed by atoms with van der Waals surface area (Å²) < 4.78 is 39.6.